The van der Waals surface area contributed by atoms with E-state index in [4.69, 9.17) is 4.52 Å². The minimum Gasteiger partial charge on any atom is -0.343 e. The third kappa shape index (κ3) is 1.90. The molecule has 1 aliphatic heterocycles. The first-order chi connectivity index (χ1) is 8.75. The first-order valence-electron chi connectivity index (χ1n) is 5.71. The van der Waals surface area contributed by atoms with E-state index in [0.717, 1.165) is 23.5 Å². The normalized spacial score (nSPS) is 19.4. The molecule has 0 saturated carbocycles. The van der Waals surface area contributed by atoms with Crippen molar-refractivity contribution in [1.29, 1.82) is 0 Å². The molecule has 7 heteroatoms. The van der Waals surface area contributed by atoms with Crippen molar-refractivity contribution >= 4 is 17.2 Å². The van der Waals surface area contributed by atoms with Gasteiger partial charge in [-0.3, -0.25) is 4.79 Å². The molecule has 0 radical (unpaired) electrons. The van der Waals surface area contributed by atoms with Crippen LogP contribution in [0.15, 0.2) is 16.4 Å². The maximum absolute atomic E-state index is 12.3. The number of rotatable bonds is 2. The summed E-state index contributed by atoms with van der Waals surface area (Å²) in [5, 5.41) is 3.84. The van der Waals surface area contributed by atoms with E-state index < -0.39 is 0 Å². The predicted molar refractivity (Wildman–Crippen MR) is 64.4 cm³/mol. The van der Waals surface area contributed by atoms with E-state index >= 15 is 0 Å². The van der Waals surface area contributed by atoms with Gasteiger partial charge < -0.3 is 9.42 Å². The zero-order valence-electron chi connectivity index (χ0n) is 9.87. The van der Waals surface area contributed by atoms with Gasteiger partial charge in [-0.2, -0.15) is 4.98 Å². The van der Waals surface area contributed by atoms with Crippen LogP contribution in [0.4, 0.5) is 0 Å². The number of carbonyl (C=O) groups is 1. The smallest absolute Gasteiger partial charge is 0.265 e. The van der Waals surface area contributed by atoms with Gasteiger partial charge in [0.05, 0.1) is 11.2 Å². The maximum atomic E-state index is 12.3. The monoisotopic (exact) mass is 264 g/mol. The average Bonchev–Trinajstić information content (AvgIpc) is 3.09. The second-order valence-corrected chi connectivity index (χ2v) is 5.15. The summed E-state index contributed by atoms with van der Waals surface area (Å²) < 4.78 is 4.74. The van der Waals surface area contributed by atoms with E-state index in [0.29, 0.717) is 12.4 Å². The molecule has 0 aliphatic carbocycles. The van der Waals surface area contributed by atoms with Crippen LogP contribution >= 0.6 is 11.3 Å². The van der Waals surface area contributed by atoms with Crippen LogP contribution in [0.1, 0.15) is 33.5 Å². The fourth-order valence-electron chi connectivity index (χ4n) is 2.16. The summed E-state index contributed by atoms with van der Waals surface area (Å²) in [6.45, 7) is 3.24. The molecule has 1 saturated heterocycles. The Labute approximate surface area is 108 Å². The van der Waals surface area contributed by atoms with Crippen molar-refractivity contribution in [3.05, 3.63) is 28.3 Å². The zero-order valence-corrected chi connectivity index (χ0v) is 10.7. The number of carbonyl (C=O) groups excluding carboxylic acids is 1. The summed E-state index contributed by atoms with van der Waals surface area (Å²) in [7, 11) is 0. The molecule has 18 heavy (non-hydrogen) atoms. The molecule has 0 spiro atoms. The van der Waals surface area contributed by atoms with E-state index in [2.05, 4.69) is 15.1 Å². The van der Waals surface area contributed by atoms with Crippen LogP contribution in [-0.4, -0.2) is 39.0 Å². The summed E-state index contributed by atoms with van der Waals surface area (Å²) in [6.07, 6.45) is 2.20. The van der Waals surface area contributed by atoms with E-state index in [-0.39, 0.29) is 11.8 Å². The Hall–Kier alpha value is -1.76. The molecule has 6 nitrogen and oxygen atoms in total. The van der Waals surface area contributed by atoms with Crippen molar-refractivity contribution < 1.29 is 9.32 Å². The Kier molecular flexibility index (Phi) is 2.83. The van der Waals surface area contributed by atoms with Gasteiger partial charge in [-0.05, 0) is 13.3 Å². The number of hydrogen-bond donors (Lipinski definition) is 0. The Bertz CT molecular complexity index is 551. The van der Waals surface area contributed by atoms with Crippen LogP contribution < -0.4 is 0 Å². The minimum atomic E-state index is 0.0565. The molecule has 1 atom stereocenters. The SMILES string of the molecule is Cc1ncsc1C(=O)N1CC[C@@H](c2ncon2)C1. The topological polar surface area (TPSA) is 72.1 Å². The molecule has 2 aromatic heterocycles. The van der Waals surface area contributed by atoms with Gasteiger partial charge in [0.1, 0.15) is 4.88 Å². The third-order valence-corrected chi connectivity index (χ3v) is 4.08. The number of likely N-dealkylation sites (tertiary alicyclic amines) is 1. The van der Waals surface area contributed by atoms with Crippen molar-refractivity contribution in [3.63, 3.8) is 0 Å². The Morgan fingerprint density at radius 3 is 3.11 bits per heavy atom. The zero-order chi connectivity index (χ0) is 12.5. The van der Waals surface area contributed by atoms with Gasteiger partial charge in [-0.25, -0.2) is 4.98 Å². The quantitative estimate of drug-likeness (QED) is 0.821. The molecular formula is C11H12N4O2S. The van der Waals surface area contributed by atoms with Gasteiger partial charge in [0.15, 0.2) is 5.82 Å². The van der Waals surface area contributed by atoms with Gasteiger partial charge >= 0.3 is 0 Å². The van der Waals surface area contributed by atoms with Gasteiger partial charge in [0, 0.05) is 19.0 Å². The van der Waals surface area contributed by atoms with Crippen LogP contribution in [0.3, 0.4) is 0 Å². The number of amides is 1. The lowest BCUT2D eigenvalue weighted by molar-refractivity contribution is 0.0794. The Morgan fingerprint density at radius 2 is 2.44 bits per heavy atom. The molecule has 94 valence electrons. The minimum absolute atomic E-state index is 0.0565. The second kappa shape index (κ2) is 4.49. The molecular weight excluding hydrogens is 252 g/mol. The number of thiazole rings is 1. The molecule has 1 amide bonds. The average molecular weight is 264 g/mol. The highest BCUT2D eigenvalue weighted by atomic mass is 32.1. The van der Waals surface area contributed by atoms with Crippen molar-refractivity contribution in [3.8, 4) is 0 Å². The molecule has 0 N–H and O–H groups in total. The van der Waals surface area contributed by atoms with Crippen LogP contribution in [0, 0.1) is 6.92 Å². The lowest BCUT2D eigenvalue weighted by Crippen LogP contribution is -2.28. The van der Waals surface area contributed by atoms with Crippen LogP contribution in [0.2, 0.25) is 0 Å². The highest BCUT2D eigenvalue weighted by molar-refractivity contribution is 7.11. The third-order valence-electron chi connectivity index (χ3n) is 3.16. The predicted octanol–water partition coefficient (Wildman–Crippen LogP) is 1.46. The second-order valence-electron chi connectivity index (χ2n) is 4.29. The number of nitrogens with zero attached hydrogens (tertiary/aromatic N) is 4. The van der Waals surface area contributed by atoms with Gasteiger partial charge in [0.25, 0.3) is 5.91 Å². The lowest BCUT2D eigenvalue weighted by Gasteiger charge is -2.14. The molecule has 0 unspecified atom stereocenters. The largest absolute Gasteiger partial charge is 0.343 e. The fourth-order valence-corrected chi connectivity index (χ4v) is 2.93. The van der Waals surface area contributed by atoms with E-state index in [1.54, 1.807) is 5.51 Å². The van der Waals surface area contributed by atoms with Gasteiger partial charge in [-0.15, -0.1) is 11.3 Å². The number of aromatic nitrogens is 3. The lowest BCUT2D eigenvalue weighted by atomic mass is 10.1. The van der Waals surface area contributed by atoms with E-state index in [1.165, 1.54) is 17.7 Å². The van der Waals surface area contributed by atoms with Gasteiger partial charge in [-0.1, -0.05) is 5.16 Å². The molecule has 2 aromatic rings. The van der Waals surface area contributed by atoms with Crippen LogP contribution in [0.5, 0.6) is 0 Å². The van der Waals surface area contributed by atoms with Gasteiger partial charge in [0.2, 0.25) is 6.39 Å². The summed E-state index contributed by atoms with van der Waals surface area (Å²) in [5.74, 6) is 0.924. The molecule has 0 aromatic carbocycles. The number of aryl methyl sites for hydroxylation is 1. The number of hydrogen-bond acceptors (Lipinski definition) is 6. The molecule has 3 rings (SSSR count). The molecule has 0 bridgehead atoms. The van der Waals surface area contributed by atoms with Crippen molar-refractivity contribution in [2.45, 2.75) is 19.3 Å². The molecule has 1 aliphatic rings. The highest BCUT2D eigenvalue weighted by Gasteiger charge is 2.31. The van der Waals surface area contributed by atoms with Crippen LogP contribution in [0.25, 0.3) is 0 Å². The first-order valence-corrected chi connectivity index (χ1v) is 6.59. The molecule has 1 fully saturated rings. The van der Waals surface area contributed by atoms with Crippen molar-refractivity contribution in [1.82, 2.24) is 20.0 Å². The summed E-state index contributed by atoms with van der Waals surface area (Å²) in [4.78, 5) is 23.0. The Morgan fingerprint density at radius 1 is 1.56 bits per heavy atom. The summed E-state index contributed by atoms with van der Waals surface area (Å²) in [5.41, 5.74) is 2.50. The highest BCUT2D eigenvalue weighted by Crippen LogP contribution is 2.27. The van der Waals surface area contributed by atoms with Crippen molar-refractivity contribution in [2.75, 3.05) is 13.1 Å². The summed E-state index contributed by atoms with van der Waals surface area (Å²) in [6, 6.07) is 0. The standard InChI is InChI=1S/C11H12N4O2S/c1-7-9(18-6-13-7)11(16)15-3-2-8(4-15)10-12-5-17-14-10/h5-6,8H,2-4H2,1H3/t8-/m1/s1. The fraction of sp³-hybridized carbons (Fsp3) is 0.455. The Balaban J connectivity index is 1.73. The van der Waals surface area contributed by atoms with Crippen molar-refractivity contribution in [2.24, 2.45) is 0 Å². The maximum Gasteiger partial charge on any atom is 0.265 e. The summed E-state index contributed by atoms with van der Waals surface area (Å²) >= 11 is 1.39. The first kappa shape index (κ1) is 11.3. The van der Waals surface area contributed by atoms with E-state index in [9.17, 15) is 4.79 Å². The van der Waals surface area contributed by atoms with Crippen LogP contribution in [-0.2, 0) is 0 Å². The molecule has 3 heterocycles. The van der Waals surface area contributed by atoms with E-state index in [1.807, 2.05) is 11.8 Å².